The van der Waals surface area contributed by atoms with Crippen LogP contribution in [-0.2, 0) is 4.74 Å². The maximum Gasteiger partial charge on any atom is 0.103 e. The van der Waals surface area contributed by atoms with Crippen LogP contribution in [0.5, 0.6) is 0 Å². The van der Waals surface area contributed by atoms with Gasteiger partial charge in [-0.1, -0.05) is 0 Å². The summed E-state index contributed by atoms with van der Waals surface area (Å²) in [6.45, 7) is 3.91. The van der Waals surface area contributed by atoms with Crippen molar-refractivity contribution in [2.24, 2.45) is 0 Å². The van der Waals surface area contributed by atoms with Crippen molar-refractivity contribution in [3.05, 3.63) is 0 Å². The van der Waals surface area contributed by atoms with Crippen LogP contribution in [0.25, 0.3) is 0 Å². The third-order valence-electron chi connectivity index (χ3n) is 1.16. The Labute approximate surface area is 55.3 Å². The van der Waals surface area contributed by atoms with Crippen LogP contribution in [0.2, 0.25) is 0 Å². The molecule has 2 unspecified atom stereocenters. The van der Waals surface area contributed by atoms with Gasteiger partial charge in [-0.25, -0.2) is 0 Å². The fourth-order valence-corrected chi connectivity index (χ4v) is 0.522. The van der Waals surface area contributed by atoms with Crippen molar-refractivity contribution in [2.75, 3.05) is 13.2 Å². The second-order valence-electron chi connectivity index (χ2n) is 1.91. The first-order chi connectivity index (χ1) is 4.22. The molecule has 0 rings (SSSR count). The van der Waals surface area contributed by atoms with E-state index in [1.807, 2.05) is 6.92 Å². The van der Waals surface area contributed by atoms with Gasteiger partial charge in [0.2, 0.25) is 0 Å². The Bertz CT molecular complexity index is 65.3. The molecule has 0 aliphatic heterocycles. The summed E-state index contributed by atoms with van der Waals surface area (Å²) < 4.78 is 4.98. The molecule has 0 amide bonds. The van der Waals surface area contributed by atoms with Gasteiger partial charge in [0.25, 0.3) is 0 Å². The SMILES string of the molecule is CCOC(C)C(O)CO. The number of ether oxygens (including phenoxy) is 1. The fourth-order valence-electron chi connectivity index (χ4n) is 0.522. The first-order valence-corrected chi connectivity index (χ1v) is 3.12. The lowest BCUT2D eigenvalue weighted by atomic mass is 10.2. The molecular formula is C6H14O3. The molecular weight excluding hydrogens is 120 g/mol. The Hall–Kier alpha value is -0.120. The highest BCUT2D eigenvalue weighted by Crippen LogP contribution is 1.96. The lowest BCUT2D eigenvalue weighted by molar-refractivity contribution is -0.0440. The van der Waals surface area contributed by atoms with Crippen molar-refractivity contribution in [1.29, 1.82) is 0 Å². The topological polar surface area (TPSA) is 49.7 Å². The molecule has 0 bridgehead atoms. The second kappa shape index (κ2) is 4.73. The molecule has 3 nitrogen and oxygen atoms in total. The van der Waals surface area contributed by atoms with Crippen LogP contribution in [0, 0.1) is 0 Å². The van der Waals surface area contributed by atoms with Gasteiger partial charge >= 0.3 is 0 Å². The van der Waals surface area contributed by atoms with Crippen molar-refractivity contribution >= 4 is 0 Å². The fraction of sp³-hybridized carbons (Fsp3) is 1.00. The quantitative estimate of drug-likeness (QED) is 0.558. The molecule has 0 aliphatic carbocycles. The van der Waals surface area contributed by atoms with Crippen molar-refractivity contribution in [2.45, 2.75) is 26.1 Å². The van der Waals surface area contributed by atoms with Gasteiger partial charge in [0.1, 0.15) is 6.10 Å². The summed E-state index contributed by atoms with van der Waals surface area (Å²) in [4.78, 5) is 0. The molecule has 2 N–H and O–H groups in total. The van der Waals surface area contributed by atoms with Crippen LogP contribution in [-0.4, -0.2) is 35.6 Å². The summed E-state index contributed by atoms with van der Waals surface area (Å²) in [5, 5.41) is 17.3. The second-order valence-corrected chi connectivity index (χ2v) is 1.91. The molecule has 0 spiro atoms. The monoisotopic (exact) mass is 134 g/mol. The Morgan fingerprint density at radius 3 is 2.44 bits per heavy atom. The molecule has 0 aliphatic rings. The van der Waals surface area contributed by atoms with Crippen molar-refractivity contribution in [1.82, 2.24) is 0 Å². The van der Waals surface area contributed by atoms with Crippen molar-refractivity contribution in [3.8, 4) is 0 Å². The number of aliphatic hydroxyl groups is 2. The lowest BCUT2D eigenvalue weighted by Crippen LogP contribution is -2.29. The maximum atomic E-state index is 8.88. The summed E-state index contributed by atoms with van der Waals surface area (Å²) in [7, 11) is 0. The molecule has 0 fully saturated rings. The van der Waals surface area contributed by atoms with E-state index in [0.717, 1.165) is 0 Å². The van der Waals surface area contributed by atoms with E-state index in [1.165, 1.54) is 0 Å². The number of rotatable bonds is 4. The van der Waals surface area contributed by atoms with E-state index in [-0.39, 0.29) is 12.7 Å². The van der Waals surface area contributed by atoms with Crippen LogP contribution < -0.4 is 0 Å². The zero-order valence-electron chi connectivity index (χ0n) is 5.87. The van der Waals surface area contributed by atoms with Gasteiger partial charge in [-0.3, -0.25) is 0 Å². The summed E-state index contributed by atoms with van der Waals surface area (Å²) >= 11 is 0. The van der Waals surface area contributed by atoms with Crippen LogP contribution in [0.1, 0.15) is 13.8 Å². The predicted octanol–water partition coefficient (Wildman–Crippen LogP) is -0.235. The normalized spacial score (nSPS) is 17.3. The molecule has 0 aromatic carbocycles. The first kappa shape index (κ1) is 8.88. The Kier molecular flexibility index (Phi) is 4.67. The summed E-state index contributed by atoms with van der Waals surface area (Å²) in [6.07, 6.45) is -1.01. The molecule has 0 aromatic heterocycles. The summed E-state index contributed by atoms with van der Waals surface area (Å²) in [6, 6.07) is 0. The molecule has 56 valence electrons. The number of hydrogen-bond donors (Lipinski definition) is 2. The molecule has 0 saturated heterocycles. The lowest BCUT2D eigenvalue weighted by Gasteiger charge is -2.15. The summed E-state index contributed by atoms with van der Waals surface area (Å²) in [5.74, 6) is 0. The zero-order valence-corrected chi connectivity index (χ0v) is 5.87. The molecule has 0 aromatic rings. The number of aliphatic hydroxyl groups excluding tert-OH is 2. The Morgan fingerprint density at radius 1 is 1.56 bits per heavy atom. The highest BCUT2D eigenvalue weighted by Gasteiger charge is 2.11. The van der Waals surface area contributed by atoms with Gasteiger partial charge in [0.05, 0.1) is 12.7 Å². The van der Waals surface area contributed by atoms with Gasteiger partial charge < -0.3 is 14.9 Å². The third-order valence-corrected chi connectivity index (χ3v) is 1.16. The van der Waals surface area contributed by atoms with Gasteiger partial charge in [-0.15, -0.1) is 0 Å². The summed E-state index contributed by atoms with van der Waals surface area (Å²) in [5.41, 5.74) is 0. The molecule has 0 radical (unpaired) electrons. The molecule has 0 saturated carbocycles. The highest BCUT2D eigenvalue weighted by molar-refractivity contribution is 4.60. The first-order valence-electron chi connectivity index (χ1n) is 3.12. The van der Waals surface area contributed by atoms with Gasteiger partial charge in [-0.05, 0) is 13.8 Å². The molecule has 2 atom stereocenters. The van der Waals surface area contributed by atoms with E-state index in [0.29, 0.717) is 6.61 Å². The molecule has 3 heteroatoms. The van der Waals surface area contributed by atoms with E-state index in [1.54, 1.807) is 6.92 Å². The largest absolute Gasteiger partial charge is 0.394 e. The average molecular weight is 134 g/mol. The van der Waals surface area contributed by atoms with Crippen LogP contribution >= 0.6 is 0 Å². The van der Waals surface area contributed by atoms with E-state index >= 15 is 0 Å². The standard InChI is InChI=1S/C6H14O3/c1-3-9-5(2)6(8)4-7/h5-8H,3-4H2,1-2H3. The van der Waals surface area contributed by atoms with Crippen molar-refractivity contribution < 1.29 is 14.9 Å². The smallest absolute Gasteiger partial charge is 0.103 e. The van der Waals surface area contributed by atoms with Crippen LogP contribution in [0.4, 0.5) is 0 Å². The van der Waals surface area contributed by atoms with E-state index in [2.05, 4.69) is 0 Å². The maximum absolute atomic E-state index is 8.88. The molecule has 9 heavy (non-hydrogen) atoms. The minimum atomic E-state index is -0.745. The van der Waals surface area contributed by atoms with Crippen LogP contribution in [0.3, 0.4) is 0 Å². The van der Waals surface area contributed by atoms with E-state index in [4.69, 9.17) is 14.9 Å². The van der Waals surface area contributed by atoms with Crippen molar-refractivity contribution in [3.63, 3.8) is 0 Å². The highest BCUT2D eigenvalue weighted by atomic mass is 16.5. The minimum Gasteiger partial charge on any atom is -0.394 e. The Morgan fingerprint density at radius 2 is 2.11 bits per heavy atom. The van der Waals surface area contributed by atoms with Gasteiger partial charge in [0, 0.05) is 6.61 Å². The third kappa shape index (κ3) is 3.46. The van der Waals surface area contributed by atoms with Gasteiger partial charge in [-0.2, -0.15) is 0 Å². The van der Waals surface area contributed by atoms with Crippen LogP contribution in [0.15, 0.2) is 0 Å². The average Bonchev–Trinajstić information content (AvgIpc) is 1.87. The minimum absolute atomic E-state index is 0.235. The predicted molar refractivity (Wildman–Crippen MR) is 34.2 cm³/mol. The van der Waals surface area contributed by atoms with E-state index < -0.39 is 6.10 Å². The molecule has 0 heterocycles. The van der Waals surface area contributed by atoms with Gasteiger partial charge in [0.15, 0.2) is 0 Å². The van der Waals surface area contributed by atoms with E-state index in [9.17, 15) is 0 Å². The number of hydrogen-bond acceptors (Lipinski definition) is 3. The Balaban J connectivity index is 3.32. The zero-order chi connectivity index (χ0) is 7.28.